The molecule has 1 rings (SSSR count). The minimum atomic E-state index is -0.941. The van der Waals surface area contributed by atoms with Gasteiger partial charge in [0.1, 0.15) is 5.82 Å². The van der Waals surface area contributed by atoms with Gasteiger partial charge in [-0.2, -0.15) is 4.98 Å². The van der Waals surface area contributed by atoms with E-state index >= 15 is 0 Å². The lowest BCUT2D eigenvalue weighted by Crippen LogP contribution is -2.32. The fourth-order valence-corrected chi connectivity index (χ4v) is 1.24. The third-order valence-electron chi connectivity index (χ3n) is 2.08. The number of aromatic nitrogens is 2. The first-order valence-electron chi connectivity index (χ1n) is 4.63. The van der Waals surface area contributed by atoms with E-state index in [-0.39, 0.29) is 13.2 Å². The predicted octanol–water partition coefficient (Wildman–Crippen LogP) is -1.05. The highest BCUT2D eigenvalue weighted by atomic mass is 16.3. The van der Waals surface area contributed by atoms with Crippen LogP contribution in [0.2, 0.25) is 0 Å². The van der Waals surface area contributed by atoms with Crippen molar-refractivity contribution in [2.24, 2.45) is 0 Å². The molecule has 0 bridgehead atoms. The standard InChI is InChI=1S/C9H15N3O3/c1-6-3-8(10-2)11-9(15)12(6)4-7(14)5-13/h3,7,13-14H,4-5H2,1-2H3,(H,10,11,15). The van der Waals surface area contributed by atoms with Crippen LogP contribution in [0.3, 0.4) is 0 Å². The third-order valence-corrected chi connectivity index (χ3v) is 2.08. The molecule has 0 aliphatic heterocycles. The summed E-state index contributed by atoms with van der Waals surface area (Å²) >= 11 is 0. The summed E-state index contributed by atoms with van der Waals surface area (Å²) in [6, 6.07) is 1.70. The van der Waals surface area contributed by atoms with Crippen molar-refractivity contribution < 1.29 is 10.2 Å². The zero-order valence-electron chi connectivity index (χ0n) is 8.77. The lowest BCUT2D eigenvalue weighted by molar-refractivity contribution is 0.0795. The van der Waals surface area contributed by atoms with Gasteiger partial charge in [-0.3, -0.25) is 4.57 Å². The van der Waals surface area contributed by atoms with Gasteiger partial charge in [-0.05, 0) is 13.0 Å². The smallest absolute Gasteiger partial charge is 0.349 e. The summed E-state index contributed by atoms with van der Waals surface area (Å²) in [7, 11) is 1.67. The molecule has 1 aromatic heterocycles. The Balaban J connectivity index is 3.03. The monoisotopic (exact) mass is 213 g/mol. The molecule has 1 aromatic rings. The molecule has 3 N–H and O–H groups in total. The molecule has 84 valence electrons. The number of anilines is 1. The van der Waals surface area contributed by atoms with Crippen molar-refractivity contribution in [1.82, 2.24) is 9.55 Å². The van der Waals surface area contributed by atoms with Crippen LogP contribution >= 0.6 is 0 Å². The quantitative estimate of drug-likeness (QED) is 0.594. The predicted molar refractivity (Wildman–Crippen MR) is 55.9 cm³/mol. The van der Waals surface area contributed by atoms with Gasteiger partial charge < -0.3 is 15.5 Å². The second kappa shape index (κ2) is 4.90. The van der Waals surface area contributed by atoms with Gasteiger partial charge in [0.2, 0.25) is 0 Å². The second-order valence-electron chi connectivity index (χ2n) is 3.26. The number of aliphatic hydroxyl groups excluding tert-OH is 2. The van der Waals surface area contributed by atoms with Gasteiger partial charge in [0.25, 0.3) is 0 Å². The Bertz CT molecular complexity index is 389. The molecule has 0 spiro atoms. The SMILES string of the molecule is CNc1cc(C)n(CC(O)CO)c(=O)n1. The van der Waals surface area contributed by atoms with Crippen LogP contribution in [-0.4, -0.2) is 39.5 Å². The first-order valence-corrected chi connectivity index (χ1v) is 4.63. The van der Waals surface area contributed by atoms with Crippen molar-refractivity contribution in [3.8, 4) is 0 Å². The van der Waals surface area contributed by atoms with Crippen LogP contribution in [0.15, 0.2) is 10.9 Å². The molecular formula is C9H15N3O3. The van der Waals surface area contributed by atoms with E-state index in [4.69, 9.17) is 5.11 Å². The Hall–Kier alpha value is -1.40. The van der Waals surface area contributed by atoms with Gasteiger partial charge in [-0.1, -0.05) is 0 Å². The summed E-state index contributed by atoms with van der Waals surface area (Å²) in [5.74, 6) is 0.493. The van der Waals surface area contributed by atoms with Crippen LogP contribution < -0.4 is 11.0 Å². The molecule has 6 nitrogen and oxygen atoms in total. The molecule has 6 heteroatoms. The van der Waals surface area contributed by atoms with Gasteiger partial charge >= 0.3 is 5.69 Å². The topological polar surface area (TPSA) is 87.4 Å². The van der Waals surface area contributed by atoms with E-state index in [2.05, 4.69) is 10.3 Å². The van der Waals surface area contributed by atoms with E-state index in [1.54, 1.807) is 20.0 Å². The number of hydrogen-bond acceptors (Lipinski definition) is 5. The van der Waals surface area contributed by atoms with Crippen LogP contribution in [0.25, 0.3) is 0 Å². The highest BCUT2D eigenvalue weighted by Gasteiger charge is 2.08. The van der Waals surface area contributed by atoms with Crippen LogP contribution in [-0.2, 0) is 6.54 Å². The normalized spacial score (nSPS) is 12.5. The van der Waals surface area contributed by atoms with Gasteiger partial charge in [0.05, 0.1) is 19.3 Å². The number of rotatable bonds is 4. The van der Waals surface area contributed by atoms with Crippen LogP contribution in [0, 0.1) is 6.92 Å². The van der Waals surface area contributed by atoms with Crippen molar-refractivity contribution in [1.29, 1.82) is 0 Å². The van der Waals surface area contributed by atoms with Gasteiger partial charge in [-0.15, -0.1) is 0 Å². The Morgan fingerprint density at radius 3 is 2.80 bits per heavy atom. The maximum atomic E-state index is 11.5. The van der Waals surface area contributed by atoms with E-state index in [1.807, 2.05) is 0 Å². The molecule has 0 aliphatic rings. The molecule has 0 radical (unpaired) electrons. The minimum Gasteiger partial charge on any atom is -0.394 e. The first kappa shape index (κ1) is 11.7. The average Bonchev–Trinajstić information content (AvgIpc) is 2.22. The zero-order valence-corrected chi connectivity index (χ0v) is 8.77. The molecule has 0 fully saturated rings. The Morgan fingerprint density at radius 2 is 2.33 bits per heavy atom. The van der Waals surface area contributed by atoms with Crippen molar-refractivity contribution in [2.75, 3.05) is 19.0 Å². The molecule has 0 saturated heterocycles. The summed E-state index contributed by atoms with van der Waals surface area (Å²) in [6.45, 7) is 1.42. The number of aliphatic hydroxyl groups is 2. The molecule has 1 atom stereocenters. The second-order valence-corrected chi connectivity index (χ2v) is 3.26. The molecule has 0 saturated carbocycles. The van der Waals surface area contributed by atoms with Gasteiger partial charge in [0, 0.05) is 12.7 Å². The first-order chi connectivity index (χ1) is 7.08. The molecular weight excluding hydrogens is 198 g/mol. The molecule has 15 heavy (non-hydrogen) atoms. The highest BCUT2D eigenvalue weighted by Crippen LogP contribution is 2.02. The van der Waals surface area contributed by atoms with E-state index < -0.39 is 11.8 Å². The number of nitrogens with one attached hydrogen (secondary N) is 1. The maximum Gasteiger partial charge on any atom is 0.349 e. The van der Waals surface area contributed by atoms with Crippen LogP contribution in [0.1, 0.15) is 5.69 Å². The van der Waals surface area contributed by atoms with E-state index in [0.29, 0.717) is 11.5 Å². The summed E-state index contributed by atoms with van der Waals surface area (Å²) in [6.07, 6.45) is -0.941. The van der Waals surface area contributed by atoms with Gasteiger partial charge in [0.15, 0.2) is 0 Å². The molecule has 0 aliphatic carbocycles. The lowest BCUT2D eigenvalue weighted by atomic mass is 10.3. The molecule has 0 amide bonds. The van der Waals surface area contributed by atoms with Crippen LogP contribution in [0.4, 0.5) is 5.82 Å². The van der Waals surface area contributed by atoms with E-state index in [1.165, 1.54) is 4.57 Å². The number of hydrogen-bond donors (Lipinski definition) is 3. The Kier molecular flexibility index (Phi) is 3.81. The highest BCUT2D eigenvalue weighted by molar-refractivity contribution is 5.33. The fourth-order valence-electron chi connectivity index (χ4n) is 1.24. The van der Waals surface area contributed by atoms with E-state index in [9.17, 15) is 9.90 Å². The van der Waals surface area contributed by atoms with Crippen molar-refractivity contribution >= 4 is 5.82 Å². The number of aryl methyl sites for hydroxylation is 1. The molecule has 0 aromatic carbocycles. The lowest BCUT2D eigenvalue weighted by Gasteiger charge is -2.13. The molecule has 1 heterocycles. The summed E-state index contributed by atoms with van der Waals surface area (Å²) in [4.78, 5) is 15.2. The third kappa shape index (κ3) is 2.77. The average molecular weight is 213 g/mol. The maximum absolute atomic E-state index is 11.5. The van der Waals surface area contributed by atoms with Crippen molar-refractivity contribution in [2.45, 2.75) is 19.6 Å². The van der Waals surface area contributed by atoms with E-state index in [0.717, 1.165) is 0 Å². The fraction of sp³-hybridized carbons (Fsp3) is 0.556. The van der Waals surface area contributed by atoms with Gasteiger partial charge in [-0.25, -0.2) is 4.79 Å². The Morgan fingerprint density at radius 1 is 1.67 bits per heavy atom. The summed E-state index contributed by atoms with van der Waals surface area (Å²) in [5.41, 5.74) is 0.249. The minimum absolute atomic E-state index is 0.0537. The Labute approximate surface area is 87.2 Å². The summed E-state index contributed by atoms with van der Waals surface area (Å²) < 4.78 is 1.32. The van der Waals surface area contributed by atoms with Crippen molar-refractivity contribution in [3.63, 3.8) is 0 Å². The van der Waals surface area contributed by atoms with Crippen LogP contribution in [0.5, 0.6) is 0 Å². The van der Waals surface area contributed by atoms with Crippen molar-refractivity contribution in [3.05, 3.63) is 22.2 Å². The summed E-state index contributed by atoms with van der Waals surface area (Å²) in [5, 5.41) is 20.7. The zero-order chi connectivity index (χ0) is 11.4. The largest absolute Gasteiger partial charge is 0.394 e. The molecule has 1 unspecified atom stereocenters. The number of nitrogens with zero attached hydrogens (tertiary/aromatic N) is 2.